The Morgan fingerprint density at radius 1 is 1.17 bits per heavy atom. The van der Waals surface area contributed by atoms with E-state index in [1.54, 1.807) is 6.20 Å². The van der Waals surface area contributed by atoms with Gasteiger partial charge in [-0.3, -0.25) is 4.57 Å². The lowest BCUT2D eigenvalue weighted by molar-refractivity contribution is 0.824. The van der Waals surface area contributed by atoms with Gasteiger partial charge in [-0.25, -0.2) is 9.97 Å². The van der Waals surface area contributed by atoms with Crippen LogP contribution >= 0.6 is 15.9 Å². The summed E-state index contributed by atoms with van der Waals surface area (Å²) in [7, 11) is 0. The molecule has 0 unspecified atom stereocenters. The average Bonchev–Trinajstić information content (AvgIpc) is 2.69. The zero-order valence-electron chi connectivity index (χ0n) is 9.55. The van der Waals surface area contributed by atoms with Crippen LogP contribution < -0.4 is 5.73 Å². The largest absolute Gasteiger partial charge is 0.369 e. The number of nitrogen functional groups attached to an aromatic ring is 1. The van der Waals surface area contributed by atoms with Crippen LogP contribution in [0, 0.1) is 0 Å². The number of halogens is 1. The molecule has 0 spiro atoms. The van der Waals surface area contributed by atoms with Crippen molar-refractivity contribution < 1.29 is 0 Å². The minimum atomic E-state index is 0.486. The molecule has 2 heterocycles. The first-order valence-electron chi connectivity index (χ1n) is 5.56. The van der Waals surface area contributed by atoms with Crippen molar-refractivity contribution in [3.63, 3.8) is 0 Å². The normalized spacial score (nSPS) is 10.9. The number of anilines is 1. The highest BCUT2D eigenvalue weighted by Gasteiger charge is 2.10. The molecule has 4 nitrogen and oxygen atoms in total. The van der Waals surface area contributed by atoms with Crippen LogP contribution in [-0.2, 0) is 6.54 Å². The lowest BCUT2D eigenvalue weighted by Crippen LogP contribution is -2.05. The van der Waals surface area contributed by atoms with E-state index in [9.17, 15) is 0 Å². The minimum Gasteiger partial charge on any atom is -0.369 e. The molecule has 0 aliphatic carbocycles. The number of fused-ring (bicyclic) bond motifs is 1. The molecule has 5 heteroatoms. The summed E-state index contributed by atoms with van der Waals surface area (Å²) in [4.78, 5) is 8.63. The molecular weight excluding hydrogens is 292 g/mol. The van der Waals surface area contributed by atoms with Gasteiger partial charge in [0.1, 0.15) is 5.52 Å². The Kier molecular flexibility index (Phi) is 2.76. The number of benzene rings is 1. The number of aromatic nitrogens is 3. The molecule has 18 heavy (non-hydrogen) atoms. The van der Waals surface area contributed by atoms with Gasteiger partial charge in [0.25, 0.3) is 0 Å². The molecule has 0 saturated heterocycles. The predicted molar refractivity (Wildman–Crippen MR) is 75.2 cm³/mol. The van der Waals surface area contributed by atoms with Crippen LogP contribution in [0.1, 0.15) is 5.56 Å². The summed E-state index contributed by atoms with van der Waals surface area (Å²) in [6.07, 6.45) is 1.75. The van der Waals surface area contributed by atoms with E-state index in [-0.39, 0.29) is 0 Å². The molecule has 2 aromatic heterocycles. The van der Waals surface area contributed by atoms with E-state index in [0.717, 1.165) is 21.2 Å². The highest BCUT2D eigenvalue weighted by atomic mass is 79.9. The zero-order chi connectivity index (χ0) is 12.5. The maximum absolute atomic E-state index is 5.95. The van der Waals surface area contributed by atoms with Crippen molar-refractivity contribution in [3.8, 4) is 0 Å². The first kappa shape index (κ1) is 11.2. The van der Waals surface area contributed by atoms with E-state index in [0.29, 0.717) is 12.5 Å². The van der Waals surface area contributed by atoms with Crippen molar-refractivity contribution in [2.45, 2.75) is 6.54 Å². The number of pyridine rings is 1. The Morgan fingerprint density at radius 2 is 2.00 bits per heavy atom. The Labute approximate surface area is 113 Å². The summed E-state index contributed by atoms with van der Waals surface area (Å²) in [6.45, 7) is 0.654. The molecular formula is C13H11BrN4. The highest BCUT2D eigenvalue weighted by Crippen LogP contribution is 2.21. The van der Waals surface area contributed by atoms with Crippen molar-refractivity contribution >= 4 is 33.0 Å². The van der Waals surface area contributed by atoms with Crippen molar-refractivity contribution in [1.82, 2.24) is 14.5 Å². The summed E-state index contributed by atoms with van der Waals surface area (Å²) in [5.41, 5.74) is 8.73. The van der Waals surface area contributed by atoms with Crippen LogP contribution in [-0.4, -0.2) is 14.5 Å². The Bertz CT molecular complexity index is 705. The van der Waals surface area contributed by atoms with Crippen LogP contribution in [0.4, 0.5) is 5.95 Å². The number of hydrogen-bond donors (Lipinski definition) is 1. The van der Waals surface area contributed by atoms with Gasteiger partial charge in [0, 0.05) is 10.7 Å². The van der Waals surface area contributed by atoms with E-state index in [1.807, 2.05) is 34.9 Å². The number of rotatable bonds is 2. The van der Waals surface area contributed by atoms with E-state index in [1.165, 1.54) is 0 Å². The molecule has 0 radical (unpaired) electrons. The topological polar surface area (TPSA) is 56.7 Å². The first-order valence-corrected chi connectivity index (χ1v) is 6.35. The van der Waals surface area contributed by atoms with Gasteiger partial charge >= 0.3 is 0 Å². The summed E-state index contributed by atoms with van der Waals surface area (Å²) in [5, 5.41) is 0. The van der Waals surface area contributed by atoms with E-state index in [2.05, 4.69) is 32.0 Å². The Hall–Kier alpha value is -1.88. The monoisotopic (exact) mass is 302 g/mol. The lowest BCUT2D eigenvalue weighted by atomic mass is 10.2. The van der Waals surface area contributed by atoms with E-state index < -0.39 is 0 Å². The summed E-state index contributed by atoms with van der Waals surface area (Å²) in [6, 6.07) is 11.8. The fraction of sp³-hybridized carbons (Fsp3) is 0.0769. The molecule has 1 aromatic carbocycles. The van der Waals surface area contributed by atoms with E-state index >= 15 is 0 Å². The number of hydrogen-bond acceptors (Lipinski definition) is 3. The zero-order valence-corrected chi connectivity index (χ0v) is 11.1. The van der Waals surface area contributed by atoms with E-state index in [4.69, 9.17) is 5.73 Å². The standard InChI is InChI=1S/C13H11BrN4/c14-10-5-2-1-4-9(10)8-18-12-11(17-13(18)15)6-3-7-16-12/h1-7H,8H2,(H2,15,17). The molecule has 90 valence electrons. The second-order valence-corrected chi connectivity index (χ2v) is 4.85. The Morgan fingerprint density at radius 3 is 2.83 bits per heavy atom. The fourth-order valence-electron chi connectivity index (χ4n) is 1.93. The second kappa shape index (κ2) is 4.42. The SMILES string of the molecule is Nc1nc2cccnc2n1Cc1ccccc1Br. The van der Waals surface area contributed by atoms with Crippen LogP contribution in [0.25, 0.3) is 11.2 Å². The quantitative estimate of drug-likeness (QED) is 0.792. The van der Waals surface area contributed by atoms with Crippen molar-refractivity contribution in [2.24, 2.45) is 0 Å². The predicted octanol–water partition coefficient (Wildman–Crippen LogP) is 2.82. The van der Waals surface area contributed by atoms with Gasteiger partial charge in [-0.1, -0.05) is 34.1 Å². The third-order valence-corrected chi connectivity index (χ3v) is 3.59. The maximum atomic E-state index is 5.95. The lowest BCUT2D eigenvalue weighted by Gasteiger charge is -2.07. The fourth-order valence-corrected chi connectivity index (χ4v) is 2.34. The molecule has 0 atom stereocenters. The van der Waals surface area contributed by atoms with Crippen LogP contribution in [0.3, 0.4) is 0 Å². The molecule has 0 aliphatic heterocycles. The average molecular weight is 303 g/mol. The van der Waals surface area contributed by atoms with Crippen LogP contribution in [0.5, 0.6) is 0 Å². The van der Waals surface area contributed by atoms with Gasteiger partial charge < -0.3 is 5.73 Å². The van der Waals surface area contributed by atoms with Gasteiger partial charge in [-0.05, 0) is 23.8 Å². The summed E-state index contributed by atoms with van der Waals surface area (Å²) >= 11 is 3.54. The third kappa shape index (κ3) is 1.86. The van der Waals surface area contributed by atoms with Crippen LogP contribution in [0.2, 0.25) is 0 Å². The first-order chi connectivity index (χ1) is 8.75. The minimum absolute atomic E-state index is 0.486. The molecule has 3 aromatic rings. The number of nitrogens with zero attached hydrogens (tertiary/aromatic N) is 3. The molecule has 2 N–H and O–H groups in total. The molecule has 0 aliphatic rings. The van der Waals surface area contributed by atoms with Gasteiger partial charge in [-0.15, -0.1) is 0 Å². The molecule has 0 bridgehead atoms. The smallest absolute Gasteiger partial charge is 0.202 e. The Balaban J connectivity index is 2.10. The summed E-state index contributed by atoms with van der Waals surface area (Å²) in [5.74, 6) is 0.486. The van der Waals surface area contributed by atoms with Gasteiger partial charge in [0.15, 0.2) is 5.65 Å². The molecule has 0 fully saturated rings. The van der Waals surface area contributed by atoms with Crippen molar-refractivity contribution in [1.29, 1.82) is 0 Å². The third-order valence-electron chi connectivity index (χ3n) is 2.82. The number of nitrogens with two attached hydrogens (primary N) is 1. The summed E-state index contributed by atoms with van der Waals surface area (Å²) < 4.78 is 2.97. The van der Waals surface area contributed by atoms with Gasteiger partial charge in [-0.2, -0.15) is 0 Å². The number of imidazole rings is 1. The molecule has 0 saturated carbocycles. The van der Waals surface area contributed by atoms with Crippen LogP contribution in [0.15, 0.2) is 47.1 Å². The van der Waals surface area contributed by atoms with Gasteiger partial charge in [0.05, 0.1) is 6.54 Å². The highest BCUT2D eigenvalue weighted by molar-refractivity contribution is 9.10. The molecule has 0 amide bonds. The van der Waals surface area contributed by atoms with Crippen molar-refractivity contribution in [2.75, 3.05) is 5.73 Å². The van der Waals surface area contributed by atoms with Gasteiger partial charge in [0.2, 0.25) is 5.95 Å². The maximum Gasteiger partial charge on any atom is 0.202 e. The second-order valence-electron chi connectivity index (χ2n) is 3.99. The molecule has 3 rings (SSSR count). The van der Waals surface area contributed by atoms with Crippen molar-refractivity contribution in [3.05, 3.63) is 52.6 Å².